The molecular formula is C9H25NO2Si. The van der Waals surface area contributed by atoms with Crippen molar-refractivity contribution in [3.05, 3.63) is 0 Å². The van der Waals surface area contributed by atoms with Gasteiger partial charge in [0.25, 0.3) is 0 Å². The smallest absolute Gasteiger partial charge is 0.334 e. The predicted molar refractivity (Wildman–Crippen MR) is 60.0 cm³/mol. The van der Waals surface area contributed by atoms with E-state index in [4.69, 9.17) is 14.6 Å². The fourth-order valence-electron chi connectivity index (χ4n) is 0.992. The Labute approximate surface area is 83.9 Å². The standard InChI is InChI=1S/C7H18O2Si.C2H7N/c1-7(2)6-10(5,8-3)9-4;1-2-3/h7H,6H2,1-5H3;2-3H2,1H3. The molecule has 0 amide bonds. The predicted octanol–water partition coefficient (Wildman–Crippen LogP) is 1.97. The molecule has 3 nitrogen and oxygen atoms in total. The van der Waals surface area contributed by atoms with Crippen molar-refractivity contribution in [3.8, 4) is 0 Å². The lowest BCUT2D eigenvalue weighted by atomic mass is 10.3. The molecule has 13 heavy (non-hydrogen) atoms. The first-order valence-electron chi connectivity index (χ1n) is 4.76. The maximum Gasteiger partial charge on any atom is 0.334 e. The van der Waals surface area contributed by atoms with E-state index in [0.717, 1.165) is 12.6 Å². The van der Waals surface area contributed by atoms with Crippen LogP contribution in [0.4, 0.5) is 0 Å². The molecule has 0 aromatic rings. The Kier molecular flexibility index (Phi) is 10.4. The molecule has 0 atom stereocenters. The lowest BCUT2D eigenvalue weighted by Crippen LogP contribution is -2.37. The lowest BCUT2D eigenvalue weighted by molar-refractivity contribution is 0.244. The van der Waals surface area contributed by atoms with Gasteiger partial charge in [0, 0.05) is 14.2 Å². The molecule has 2 N–H and O–H groups in total. The normalized spacial score (nSPS) is 11.1. The molecule has 0 spiro atoms. The van der Waals surface area contributed by atoms with Gasteiger partial charge in [0.15, 0.2) is 0 Å². The van der Waals surface area contributed by atoms with Gasteiger partial charge in [-0.1, -0.05) is 20.8 Å². The molecular weight excluding hydrogens is 182 g/mol. The Balaban J connectivity index is 0. The van der Waals surface area contributed by atoms with E-state index in [9.17, 15) is 0 Å². The van der Waals surface area contributed by atoms with Crippen LogP contribution in [0.25, 0.3) is 0 Å². The minimum Gasteiger partial charge on any atom is -0.398 e. The Hall–Kier alpha value is 0.0969. The number of hydrogen-bond acceptors (Lipinski definition) is 3. The summed E-state index contributed by atoms with van der Waals surface area (Å²) in [5.41, 5.74) is 4.85. The molecule has 0 aromatic heterocycles. The van der Waals surface area contributed by atoms with Crippen LogP contribution in [0.5, 0.6) is 0 Å². The van der Waals surface area contributed by atoms with E-state index in [-0.39, 0.29) is 0 Å². The van der Waals surface area contributed by atoms with Gasteiger partial charge in [-0.2, -0.15) is 0 Å². The fourth-order valence-corrected chi connectivity index (χ4v) is 2.97. The summed E-state index contributed by atoms with van der Waals surface area (Å²) in [6, 6.07) is 1.07. The van der Waals surface area contributed by atoms with Gasteiger partial charge in [-0.15, -0.1) is 0 Å². The highest BCUT2D eigenvalue weighted by molar-refractivity contribution is 6.65. The average molecular weight is 207 g/mol. The van der Waals surface area contributed by atoms with Crippen molar-refractivity contribution < 1.29 is 8.85 Å². The van der Waals surface area contributed by atoms with E-state index in [0.29, 0.717) is 5.92 Å². The van der Waals surface area contributed by atoms with Gasteiger partial charge in [-0.05, 0) is 25.1 Å². The maximum absolute atomic E-state index is 5.31. The third-order valence-corrected chi connectivity index (χ3v) is 4.93. The van der Waals surface area contributed by atoms with Gasteiger partial charge in [0.1, 0.15) is 0 Å². The second kappa shape index (κ2) is 8.68. The van der Waals surface area contributed by atoms with Gasteiger partial charge < -0.3 is 14.6 Å². The molecule has 0 aliphatic rings. The zero-order valence-corrected chi connectivity index (χ0v) is 10.9. The third-order valence-electron chi connectivity index (χ3n) is 1.64. The Morgan fingerprint density at radius 2 is 1.54 bits per heavy atom. The number of hydrogen-bond donors (Lipinski definition) is 1. The van der Waals surface area contributed by atoms with Crippen molar-refractivity contribution in [2.45, 2.75) is 33.4 Å². The van der Waals surface area contributed by atoms with Crippen LogP contribution < -0.4 is 5.73 Å². The van der Waals surface area contributed by atoms with Crippen LogP contribution in [0.1, 0.15) is 20.8 Å². The Morgan fingerprint density at radius 3 is 1.62 bits per heavy atom. The molecule has 0 rings (SSSR count). The van der Waals surface area contributed by atoms with Crippen LogP contribution >= 0.6 is 0 Å². The molecule has 0 heterocycles. The van der Waals surface area contributed by atoms with Gasteiger partial charge in [-0.3, -0.25) is 0 Å². The molecule has 0 bridgehead atoms. The molecule has 0 unspecified atom stereocenters. The summed E-state index contributed by atoms with van der Waals surface area (Å²) in [4.78, 5) is 0. The van der Waals surface area contributed by atoms with Crippen molar-refractivity contribution in [2.24, 2.45) is 11.7 Å². The first kappa shape index (κ1) is 15.6. The summed E-state index contributed by atoms with van der Waals surface area (Å²) < 4.78 is 10.6. The first-order valence-corrected chi connectivity index (χ1v) is 7.28. The largest absolute Gasteiger partial charge is 0.398 e. The summed E-state index contributed by atoms with van der Waals surface area (Å²) in [5, 5.41) is 0. The van der Waals surface area contributed by atoms with E-state index in [1.165, 1.54) is 0 Å². The quantitative estimate of drug-likeness (QED) is 0.717. The minimum absolute atomic E-state index is 0.663. The summed E-state index contributed by atoms with van der Waals surface area (Å²) in [5.74, 6) is 0.663. The SMILES string of the molecule is CCN.CO[Si](C)(CC(C)C)OC. The first-order chi connectivity index (χ1) is 5.95. The highest BCUT2D eigenvalue weighted by atomic mass is 28.4. The van der Waals surface area contributed by atoms with E-state index in [1.807, 2.05) is 6.92 Å². The van der Waals surface area contributed by atoms with Gasteiger partial charge in [-0.25, -0.2) is 0 Å². The highest BCUT2D eigenvalue weighted by Crippen LogP contribution is 2.16. The molecule has 82 valence electrons. The minimum atomic E-state index is -1.76. The van der Waals surface area contributed by atoms with Crippen LogP contribution in [0, 0.1) is 5.92 Å². The Morgan fingerprint density at radius 1 is 1.23 bits per heavy atom. The highest BCUT2D eigenvalue weighted by Gasteiger charge is 2.29. The van der Waals surface area contributed by atoms with Gasteiger partial charge >= 0.3 is 8.56 Å². The molecule has 0 radical (unpaired) electrons. The zero-order chi connectivity index (χ0) is 10.9. The molecule has 0 saturated carbocycles. The molecule has 0 aromatic carbocycles. The van der Waals surface area contributed by atoms with Gasteiger partial charge in [0.05, 0.1) is 0 Å². The van der Waals surface area contributed by atoms with Crippen LogP contribution in [0.2, 0.25) is 12.6 Å². The summed E-state index contributed by atoms with van der Waals surface area (Å²) in [6.45, 7) is 9.11. The number of rotatable bonds is 4. The van der Waals surface area contributed by atoms with E-state index in [2.05, 4.69) is 20.4 Å². The zero-order valence-electron chi connectivity index (χ0n) is 9.89. The van der Waals surface area contributed by atoms with Crippen LogP contribution in [0.15, 0.2) is 0 Å². The van der Waals surface area contributed by atoms with Crippen LogP contribution in [-0.2, 0) is 8.85 Å². The monoisotopic (exact) mass is 207 g/mol. The van der Waals surface area contributed by atoms with Crippen molar-refractivity contribution in [2.75, 3.05) is 20.8 Å². The third kappa shape index (κ3) is 10.0. The lowest BCUT2D eigenvalue weighted by Gasteiger charge is -2.24. The fraction of sp³-hybridized carbons (Fsp3) is 1.00. The van der Waals surface area contributed by atoms with Crippen molar-refractivity contribution >= 4 is 8.56 Å². The van der Waals surface area contributed by atoms with E-state index in [1.54, 1.807) is 14.2 Å². The summed E-state index contributed by atoms with van der Waals surface area (Å²) >= 11 is 0. The molecule has 0 aliphatic carbocycles. The van der Waals surface area contributed by atoms with Crippen molar-refractivity contribution in [1.29, 1.82) is 0 Å². The Bertz CT molecular complexity index is 106. The average Bonchev–Trinajstić information content (AvgIpc) is 2.05. The van der Waals surface area contributed by atoms with Gasteiger partial charge in [0.2, 0.25) is 0 Å². The second-order valence-electron chi connectivity index (χ2n) is 3.55. The van der Waals surface area contributed by atoms with Crippen molar-refractivity contribution in [1.82, 2.24) is 0 Å². The second-order valence-corrected chi connectivity index (χ2v) is 7.04. The topological polar surface area (TPSA) is 44.5 Å². The maximum atomic E-state index is 5.31. The summed E-state index contributed by atoms with van der Waals surface area (Å²) in [7, 11) is 1.71. The van der Waals surface area contributed by atoms with Crippen LogP contribution in [-0.4, -0.2) is 29.3 Å². The van der Waals surface area contributed by atoms with Crippen LogP contribution in [0.3, 0.4) is 0 Å². The number of nitrogens with two attached hydrogens (primary N) is 1. The molecule has 4 heteroatoms. The molecule has 0 aliphatic heterocycles. The van der Waals surface area contributed by atoms with Crippen molar-refractivity contribution in [3.63, 3.8) is 0 Å². The van der Waals surface area contributed by atoms with E-state index >= 15 is 0 Å². The van der Waals surface area contributed by atoms with E-state index < -0.39 is 8.56 Å². The molecule has 0 fully saturated rings. The summed E-state index contributed by atoms with van der Waals surface area (Å²) in [6.07, 6.45) is 0. The molecule has 0 saturated heterocycles.